The SMILES string of the molecule is CC(C)(C)[Si](OC[C@@H]1O[C@@H]1c1ccccc1)(c1ccccc1)c1ccccc1. The lowest BCUT2D eigenvalue weighted by atomic mass is 10.1. The van der Waals surface area contributed by atoms with E-state index in [4.69, 9.17) is 9.16 Å². The van der Waals surface area contributed by atoms with E-state index in [9.17, 15) is 0 Å². The topological polar surface area (TPSA) is 21.8 Å². The molecule has 1 heterocycles. The molecule has 1 saturated heterocycles. The van der Waals surface area contributed by atoms with Crippen LogP contribution in [-0.2, 0) is 9.16 Å². The van der Waals surface area contributed by atoms with Crippen molar-refractivity contribution in [3.05, 3.63) is 96.6 Å². The van der Waals surface area contributed by atoms with Gasteiger partial charge in [-0.1, -0.05) is 112 Å². The third-order valence-electron chi connectivity index (χ3n) is 5.59. The van der Waals surface area contributed by atoms with Crippen molar-refractivity contribution in [1.29, 1.82) is 0 Å². The molecule has 1 aliphatic heterocycles. The molecule has 3 aromatic rings. The molecule has 0 amide bonds. The van der Waals surface area contributed by atoms with Crippen LogP contribution in [-0.4, -0.2) is 21.0 Å². The molecule has 28 heavy (non-hydrogen) atoms. The highest BCUT2D eigenvalue weighted by molar-refractivity contribution is 6.99. The molecular weight excluding hydrogens is 360 g/mol. The number of hydrogen-bond acceptors (Lipinski definition) is 2. The second-order valence-electron chi connectivity index (χ2n) is 8.48. The molecule has 1 fully saturated rings. The quantitative estimate of drug-likeness (QED) is 0.451. The van der Waals surface area contributed by atoms with Gasteiger partial charge < -0.3 is 9.16 Å². The van der Waals surface area contributed by atoms with Crippen molar-refractivity contribution in [2.24, 2.45) is 0 Å². The van der Waals surface area contributed by atoms with E-state index >= 15 is 0 Å². The first kappa shape index (κ1) is 19.1. The van der Waals surface area contributed by atoms with E-state index in [0.717, 1.165) is 0 Å². The van der Waals surface area contributed by atoms with Crippen LogP contribution in [0.1, 0.15) is 32.4 Å². The summed E-state index contributed by atoms with van der Waals surface area (Å²) in [6.45, 7) is 7.54. The van der Waals surface area contributed by atoms with Gasteiger partial charge in [-0.2, -0.15) is 0 Å². The fraction of sp³-hybridized carbons (Fsp3) is 0.280. The van der Waals surface area contributed by atoms with E-state index in [2.05, 4.69) is 106 Å². The van der Waals surface area contributed by atoms with Crippen LogP contribution < -0.4 is 10.4 Å². The first-order valence-electron chi connectivity index (χ1n) is 9.98. The molecule has 1 aliphatic rings. The zero-order valence-electron chi connectivity index (χ0n) is 16.8. The predicted molar refractivity (Wildman–Crippen MR) is 118 cm³/mol. The van der Waals surface area contributed by atoms with E-state index < -0.39 is 8.32 Å². The lowest BCUT2D eigenvalue weighted by Crippen LogP contribution is -2.66. The Hall–Kier alpha value is -2.20. The van der Waals surface area contributed by atoms with Gasteiger partial charge in [0.05, 0.1) is 6.61 Å². The second-order valence-corrected chi connectivity index (χ2v) is 12.8. The molecule has 0 aliphatic carbocycles. The van der Waals surface area contributed by atoms with Crippen LogP contribution in [0.4, 0.5) is 0 Å². The molecule has 0 saturated carbocycles. The van der Waals surface area contributed by atoms with Gasteiger partial charge in [-0.15, -0.1) is 0 Å². The molecule has 0 spiro atoms. The summed E-state index contributed by atoms with van der Waals surface area (Å²) < 4.78 is 12.9. The minimum Gasteiger partial charge on any atom is -0.405 e. The first-order valence-corrected chi connectivity index (χ1v) is 11.9. The highest BCUT2D eigenvalue weighted by Gasteiger charge is 2.52. The van der Waals surface area contributed by atoms with E-state index in [1.807, 2.05) is 6.07 Å². The third-order valence-corrected chi connectivity index (χ3v) is 10.6. The zero-order valence-corrected chi connectivity index (χ0v) is 17.8. The fourth-order valence-electron chi connectivity index (χ4n) is 4.17. The van der Waals surface area contributed by atoms with Crippen LogP contribution in [0.15, 0.2) is 91.0 Å². The maximum absolute atomic E-state index is 6.96. The first-order chi connectivity index (χ1) is 13.5. The predicted octanol–water partition coefficient (Wildman–Crippen LogP) is 4.70. The Kier molecular flexibility index (Phi) is 5.24. The van der Waals surface area contributed by atoms with Gasteiger partial charge in [0.15, 0.2) is 0 Å². The maximum atomic E-state index is 6.96. The van der Waals surface area contributed by atoms with Gasteiger partial charge in [-0.05, 0) is 21.0 Å². The Morgan fingerprint density at radius 1 is 0.750 bits per heavy atom. The number of hydrogen-bond donors (Lipinski definition) is 0. The average Bonchev–Trinajstić information content (AvgIpc) is 3.49. The molecule has 3 heteroatoms. The van der Waals surface area contributed by atoms with Crippen LogP contribution in [0.3, 0.4) is 0 Å². The molecule has 0 bridgehead atoms. The Morgan fingerprint density at radius 2 is 1.21 bits per heavy atom. The summed E-state index contributed by atoms with van der Waals surface area (Å²) in [4.78, 5) is 0. The largest absolute Gasteiger partial charge is 0.405 e. The van der Waals surface area contributed by atoms with Gasteiger partial charge >= 0.3 is 0 Å². The van der Waals surface area contributed by atoms with Gasteiger partial charge in [0.1, 0.15) is 12.2 Å². The van der Waals surface area contributed by atoms with E-state index in [-0.39, 0.29) is 17.2 Å². The van der Waals surface area contributed by atoms with Crippen molar-refractivity contribution in [2.45, 2.75) is 38.0 Å². The minimum absolute atomic E-state index is 0.00710. The van der Waals surface area contributed by atoms with Crippen LogP contribution in [0.5, 0.6) is 0 Å². The number of rotatable bonds is 6. The summed E-state index contributed by atoms with van der Waals surface area (Å²) in [6, 6.07) is 32.0. The lowest BCUT2D eigenvalue weighted by Gasteiger charge is -2.43. The van der Waals surface area contributed by atoms with Crippen molar-refractivity contribution in [3.8, 4) is 0 Å². The highest BCUT2D eigenvalue weighted by atomic mass is 28.4. The smallest absolute Gasteiger partial charge is 0.261 e. The molecule has 0 aromatic heterocycles. The molecule has 0 N–H and O–H groups in total. The molecule has 4 rings (SSSR count). The summed E-state index contributed by atoms with van der Waals surface area (Å²) in [6.07, 6.45) is 0.281. The summed E-state index contributed by atoms with van der Waals surface area (Å²) in [5.74, 6) is 0. The van der Waals surface area contributed by atoms with Crippen LogP contribution in [0.2, 0.25) is 5.04 Å². The molecule has 2 nitrogen and oxygen atoms in total. The summed E-state index contributed by atoms with van der Waals surface area (Å²) in [7, 11) is -2.48. The molecule has 3 aromatic carbocycles. The molecule has 144 valence electrons. The molecule has 0 radical (unpaired) electrons. The Labute approximate surface area is 169 Å². The van der Waals surface area contributed by atoms with Crippen molar-refractivity contribution in [1.82, 2.24) is 0 Å². The minimum atomic E-state index is -2.48. The standard InChI is InChI=1S/C25H28O2Si/c1-25(2,3)28(21-15-9-5-10-16-21,22-17-11-6-12-18-22)26-19-23-24(27-23)20-13-7-4-8-14-20/h4-18,23-24H,19H2,1-3H3/t23-,24+/m0/s1. The van der Waals surface area contributed by atoms with Crippen LogP contribution in [0, 0.1) is 0 Å². The van der Waals surface area contributed by atoms with Crippen LogP contribution >= 0.6 is 0 Å². The van der Waals surface area contributed by atoms with Crippen molar-refractivity contribution in [3.63, 3.8) is 0 Å². The Morgan fingerprint density at radius 3 is 1.68 bits per heavy atom. The van der Waals surface area contributed by atoms with Gasteiger partial charge in [-0.3, -0.25) is 0 Å². The van der Waals surface area contributed by atoms with Crippen molar-refractivity contribution in [2.75, 3.05) is 6.61 Å². The zero-order chi connectivity index (χ0) is 19.6. The Balaban J connectivity index is 1.66. The number of ether oxygens (including phenoxy) is 1. The maximum Gasteiger partial charge on any atom is 0.261 e. The van der Waals surface area contributed by atoms with Crippen molar-refractivity contribution < 1.29 is 9.16 Å². The Bertz CT molecular complexity index is 849. The van der Waals surface area contributed by atoms with Gasteiger partial charge in [-0.25, -0.2) is 0 Å². The highest BCUT2D eigenvalue weighted by Crippen LogP contribution is 2.42. The van der Waals surface area contributed by atoms with Crippen LogP contribution in [0.25, 0.3) is 0 Å². The van der Waals surface area contributed by atoms with E-state index in [1.165, 1.54) is 15.9 Å². The lowest BCUT2D eigenvalue weighted by molar-refractivity contribution is 0.248. The number of epoxide rings is 1. The normalized spacial score (nSPS) is 19.4. The molecule has 0 unspecified atom stereocenters. The second kappa shape index (κ2) is 7.67. The summed E-state index contributed by atoms with van der Waals surface area (Å²) >= 11 is 0. The van der Waals surface area contributed by atoms with Crippen molar-refractivity contribution >= 4 is 18.7 Å². The summed E-state index contributed by atoms with van der Waals surface area (Å²) in [5.41, 5.74) is 1.23. The average molecular weight is 389 g/mol. The van der Waals surface area contributed by atoms with Gasteiger partial charge in [0.2, 0.25) is 0 Å². The number of benzene rings is 3. The third kappa shape index (κ3) is 3.58. The van der Waals surface area contributed by atoms with E-state index in [1.54, 1.807) is 0 Å². The molecular formula is C25H28O2Si. The molecule has 2 atom stereocenters. The summed E-state index contributed by atoms with van der Waals surface area (Å²) in [5, 5.41) is 2.61. The van der Waals surface area contributed by atoms with Gasteiger partial charge in [0.25, 0.3) is 8.32 Å². The monoisotopic (exact) mass is 388 g/mol. The van der Waals surface area contributed by atoms with E-state index in [0.29, 0.717) is 6.61 Å². The van der Waals surface area contributed by atoms with Gasteiger partial charge in [0, 0.05) is 0 Å². The fourth-order valence-corrected chi connectivity index (χ4v) is 8.74.